The van der Waals surface area contributed by atoms with Crippen LogP contribution in [0.5, 0.6) is 23.0 Å². The summed E-state index contributed by atoms with van der Waals surface area (Å²) in [7, 11) is 1.45. The van der Waals surface area contributed by atoms with Crippen molar-refractivity contribution in [3.8, 4) is 34.3 Å². The molecule has 11 nitrogen and oxygen atoms in total. The smallest absolute Gasteiger partial charge is 0.223 e. The molecule has 0 bridgehead atoms. The minimum atomic E-state index is -1.27. The predicted molar refractivity (Wildman–Crippen MR) is 156 cm³/mol. The monoisotopic (exact) mass is 585 g/mol. The van der Waals surface area contributed by atoms with Crippen molar-refractivity contribution in [3.63, 3.8) is 0 Å². The standard InChI is InChI=1S/C32H27NO10/c1-40-18-7-8-23-20(13-18)28(36)21(16-42-23)19(14-25(35)33-9-11-41-12-10-33)26-29(37)31(39)30(38)27-22(34)15-24(43-32(26)27)17-5-3-2-4-6-17/h2-8,13,15-16,19,37-39H,9-12,14H2,1H3. The van der Waals surface area contributed by atoms with Crippen LogP contribution in [0.25, 0.3) is 33.3 Å². The molecule has 1 amide bonds. The largest absolute Gasteiger partial charge is 0.504 e. The second-order valence-electron chi connectivity index (χ2n) is 10.1. The number of methoxy groups -OCH3 is 1. The number of hydrogen-bond donors (Lipinski definition) is 3. The Balaban J connectivity index is 1.65. The van der Waals surface area contributed by atoms with Crippen molar-refractivity contribution in [2.24, 2.45) is 0 Å². The molecule has 5 aromatic rings. The normalized spacial score (nSPS) is 14.2. The highest BCUT2D eigenvalue weighted by Crippen LogP contribution is 2.49. The number of amides is 1. The van der Waals surface area contributed by atoms with Gasteiger partial charge in [0.15, 0.2) is 22.4 Å². The van der Waals surface area contributed by atoms with Crippen LogP contribution in [-0.4, -0.2) is 59.5 Å². The zero-order valence-corrected chi connectivity index (χ0v) is 23.0. The third kappa shape index (κ3) is 4.93. The zero-order chi connectivity index (χ0) is 30.2. The summed E-state index contributed by atoms with van der Waals surface area (Å²) in [5, 5.41) is 32.6. The van der Waals surface area contributed by atoms with Crippen molar-refractivity contribution < 1.29 is 38.4 Å². The average Bonchev–Trinajstić information content (AvgIpc) is 3.04. The van der Waals surface area contributed by atoms with E-state index in [1.165, 1.54) is 19.4 Å². The van der Waals surface area contributed by atoms with E-state index in [2.05, 4.69) is 0 Å². The third-order valence-corrected chi connectivity index (χ3v) is 7.66. The summed E-state index contributed by atoms with van der Waals surface area (Å²) in [6.07, 6.45) is 0.815. The lowest BCUT2D eigenvalue weighted by Crippen LogP contribution is -2.41. The van der Waals surface area contributed by atoms with Crippen molar-refractivity contribution in [2.75, 3.05) is 33.4 Å². The van der Waals surface area contributed by atoms with Gasteiger partial charge in [-0.2, -0.15) is 0 Å². The fourth-order valence-electron chi connectivity index (χ4n) is 5.42. The van der Waals surface area contributed by atoms with E-state index in [4.69, 9.17) is 18.3 Å². The fourth-order valence-corrected chi connectivity index (χ4v) is 5.42. The Morgan fingerprint density at radius 3 is 2.44 bits per heavy atom. The maximum absolute atomic E-state index is 14.0. The summed E-state index contributed by atoms with van der Waals surface area (Å²) in [6.45, 7) is 1.29. The minimum Gasteiger partial charge on any atom is -0.504 e. The number of carbonyl (C=O) groups excluding carboxylic acids is 1. The molecule has 0 saturated carbocycles. The van der Waals surface area contributed by atoms with E-state index >= 15 is 0 Å². The van der Waals surface area contributed by atoms with Gasteiger partial charge in [-0.1, -0.05) is 30.3 Å². The van der Waals surface area contributed by atoms with Crippen LogP contribution in [-0.2, 0) is 9.53 Å². The van der Waals surface area contributed by atoms with E-state index in [0.717, 1.165) is 6.07 Å². The zero-order valence-electron chi connectivity index (χ0n) is 23.0. The first kappa shape index (κ1) is 27.9. The maximum atomic E-state index is 14.0. The van der Waals surface area contributed by atoms with Crippen molar-refractivity contribution in [3.05, 3.63) is 92.4 Å². The number of benzene rings is 3. The number of aromatic hydroxyl groups is 3. The second kappa shape index (κ2) is 11.2. The van der Waals surface area contributed by atoms with Gasteiger partial charge in [-0.25, -0.2) is 0 Å². The maximum Gasteiger partial charge on any atom is 0.223 e. The average molecular weight is 586 g/mol. The van der Waals surface area contributed by atoms with Crippen LogP contribution in [0.15, 0.2) is 79.3 Å². The molecule has 1 saturated heterocycles. The molecule has 2 aromatic heterocycles. The van der Waals surface area contributed by atoms with Gasteiger partial charge in [0.25, 0.3) is 0 Å². The summed E-state index contributed by atoms with van der Waals surface area (Å²) < 4.78 is 22.6. The number of fused-ring (bicyclic) bond motifs is 2. The van der Waals surface area contributed by atoms with Crippen LogP contribution in [0.2, 0.25) is 0 Å². The molecule has 220 valence electrons. The van der Waals surface area contributed by atoms with Crippen molar-refractivity contribution in [2.45, 2.75) is 12.3 Å². The summed E-state index contributed by atoms with van der Waals surface area (Å²) in [6, 6.07) is 14.5. The number of carbonyl (C=O) groups is 1. The van der Waals surface area contributed by atoms with Gasteiger partial charge in [0.1, 0.15) is 28.1 Å². The SMILES string of the molecule is COc1ccc2occ(C(CC(=O)N3CCOCC3)c3c(O)c(O)c(O)c4c(=O)cc(-c5ccccc5)oc34)c(=O)c2c1. The number of phenols is 3. The molecule has 0 aliphatic carbocycles. The van der Waals surface area contributed by atoms with Crippen molar-refractivity contribution in [1.82, 2.24) is 4.90 Å². The molecule has 6 rings (SSSR count). The lowest BCUT2D eigenvalue weighted by molar-refractivity contribution is -0.135. The van der Waals surface area contributed by atoms with E-state index in [1.54, 1.807) is 47.4 Å². The molecule has 3 N–H and O–H groups in total. The van der Waals surface area contributed by atoms with Crippen LogP contribution in [0.4, 0.5) is 0 Å². The van der Waals surface area contributed by atoms with E-state index in [9.17, 15) is 29.7 Å². The minimum absolute atomic E-state index is 0.0446. The number of morpholine rings is 1. The Labute approximate surface area is 243 Å². The van der Waals surface area contributed by atoms with Gasteiger partial charge >= 0.3 is 0 Å². The number of phenolic OH excluding ortho intramolecular Hbond substituents is 3. The number of hydrogen-bond acceptors (Lipinski definition) is 10. The van der Waals surface area contributed by atoms with Gasteiger partial charge in [-0.15, -0.1) is 0 Å². The number of rotatable bonds is 6. The highest BCUT2D eigenvalue weighted by Gasteiger charge is 2.34. The molecule has 3 aromatic carbocycles. The summed E-state index contributed by atoms with van der Waals surface area (Å²) in [5.74, 6) is -3.87. The van der Waals surface area contributed by atoms with Gasteiger partial charge in [0, 0.05) is 48.2 Å². The van der Waals surface area contributed by atoms with Gasteiger partial charge < -0.3 is 38.5 Å². The van der Waals surface area contributed by atoms with Crippen LogP contribution >= 0.6 is 0 Å². The molecular formula is C32H27NO10. The highest BCUT2D eigenvalue weighted by molar-refractivity contribution is 5.94. The quantitative estimate of drug-likeness (QED) is 0.248. The van der Waals surface area contributed by atoms with Gasteiger partial charge in [-0.3, -0.25) is 14.4 Å². The third-order valence-electron chi connectivity index (χ3n) is 7.66. The molecule has 1 atom stereocenters. The van der Waals surface area contributed by atoms with Crippen LogP contribution in [0.3, 0.4) is 0 Å². The number of ether oxygens (including phenoxy) is 2. The molecule has 1 unspecified atom stereocenters. The van der Waals surface area contributed by atoms with Crippen LogP contribution in [0.1, 0.15) is 23.5 Å². The summed E-state index contributed by atoms with van der Waals surface area (Å²) >= 11 is 0. The molecule has 11 heteroatoms. The molecule has 1 aliphatic rings. The Kier molecular flexibility index (Phi) is 7.24. The van der Waals surface area contributed by atoms with Crippen molar-refractivity contribution in [1.29, 1.82) is 0 Å². The molecule has 43 heavy (non-hydrogen) atoms. The summed E-state index contributed by atoms with van der Waals surface area (Å²) in [4.78, 5) is 42.5. The molecule has 3 heterocycles. The molecule has 0 radical (unpaired) electrons. The van der Waals surface area contributed by atoms with E-state index in [0.29, 0.717) is 37.6 Å². The van der Waals surface area contributed by atoms with Gasteiger partial charge in [-0.05, 0) is 18.2 Å². The Bertz CT molecular complexity index is 1970. The Morgan fingerprint density at radius 2 is 1.72 bits per heavy atom. The first-order valence-corrected chi connectivity index (χ1v) is 13.5. The van der Waals surface area contributed by atoms with Gasteiger partial charge in [0.05, 0.1) is 32.0 Å². The fraction of sp³-hybridized carbons (Fsp3) is 0.219. The Hall–Kier alpha value is -5.29. The molecule has 0 spiro atoms. The first-order chi connectivity index (χ1) is 20.8. The van der Waals surface area contributed by atoms with Gasteiger partial charge in [0.2, 0.25) is 11.7 Å². The molecular weight excluding hydrogens is 558 g/mol. The molecule has 1 aliphatic heterocycles. The lowest BCUT2D eigenvalue weighted by atomic mass is 9.85. The van der Waals surface area contributed by atoms with E-state index in [-0.39, 0.29) is 45.8 Å². The predicted octanol–water partition coefficient (Wildman–Crippen LogP) is 4.07. The lowest BCUT2D eigenvalue weighted by Gasteiger charge is -2.29. The topological polar surface area (TPSA) is 160 Å². The van der Waals surface area contributed by atoms with E-state index < -0.39 is 39.4 Å². The number of nitrogens with zero attached hydrogens (tertiary/aromatic N) is 1. The molecule has 1 fully saturated rings. The summed E-state index contributed by atoms with van der Waals surface area (Å²) in [5.41, 5.74) is -1.01. The van der Waals surface area contributed by atoms with E-state index in [1.807, 2.05) is 0 Å². The second-order valence-corrected chi connectivity index (χ2v) is 10.1. The van der Waals surface area contributed by atoms with Crippen LogP contribution in [0, 0.1) is 0 Å². The van der Waals surface area contributed by atoms with Crippen molar-refractivity contribution >= 4 is 27.8 Å². The Morgan fingerprint density at radius 1 is 0.977 bits per heavy atom. The first-order valence-electron chi connectivity index (χ1n) is 13.5. The van der Waals surface area contributed by atoms with Crippen LogP contribution < -0.4 is 15.6 Å². The highest BCUT2D eigenvalue weighted by atomic mass is 16.5.